The van der Waals surface area contributed by atoms with Gasteiger partial charge < -0.3 is 11.1 Å². The van der Waals surface area contributed by atoms with E-state index in [0.29, 0.717) is 12.1 Å². The van der Waals surface area contributed by atoms with Crippen LogP contribution in [-0.2, 0) is 11.2 Å². The number of nitrogens with two attached hydrogens (primary N) is 1. The Balaban J connectivity index is 2.10. The number of hydrogen-bond acceptors (Lipinski definition) is 2. The minimum absolute atomic E-state index is 0.0694. The van der Waals surface area contributed by atoms with Crippen LogP contribution in [0, 0.1) is 6.92 Å². The molecule has 3 nitrogen and oxygen atoms in total. The number of rotatable bonds is 3. The Labute approximate surface area is 134 Å². The Morgan fingerprint density at radius 1 is 1.15 bits per heavy atom. The molecular weight excluding hydrogens is 384 g/mol. The number of nitrogens with one attached hydrogen (secondary N) is 1. The van der Waals surface area contributed by atoms with E-state index in [1.165, 1.54) is 0 Å². The molecule has 0 radical (unpaired) electrons. The van der Waals surface area contributed by atoms with Crippen molar-refractivity contribution in [2.24, 2.45) is 0 Å². The van der Waals surface area contributed by atoms with Crippen LogP contribution in [0.15, 0.2) is 45.3 Å². The Bertz CT molecular complexity index is 616. The van der Waals surface area contributed by atoms with Crippen molar-refractivity contribution in [1.82, 2.24) is 0 Å². The van der Waals surface area contributed by atoms with Gasteiger partial charge in [0.1, 0.15) is 0 Å². The third-order valence-corrected chi connectivity index (χ3v) is 4.05. The number of carbonyl (C=O) groups is 1. The first kappa shape index (κ1) is 15.1. The van der Waals surface area contributed by atoms with Gasteiger partial charge in [-0.3, -0.25) is 4.79 Å². The van der Waals surface area contributed by atoms with Crippen molar-refractivity contribution in [3.63, 3.8) is 0 Å². The van der Waals surface area contributed by atoms with Crippen LogP contribution >= 0.6 is 31.9 Å². The molecule has 0 aliphatic heterocycles. The molecule has 0 fully saturated rings. The van der Waals surface area contributed by atoms with Gasteiger partial charge in [-0.1, -0.05) is 12.1 Å². The number of halogens is 2. The van der Waals surface area contributed by atoms with Crippen molar-refractivity contribution in [1.29, 1.82) is 0 Å². The first-order valence-corrected chi connectivity index (χ1v) is 7.64. The molecule has 0 saturated carbocycles. The smallest absolute Gasteiger partial charge is 0.228 e. The van der Waals surface area contributed by atoms with Gasteiger partial charge in [0.2, 0.25) is 5.91 Å². The SMILES string of the molecule is Cc1cc(Br)c(NC(=O)Cc2ccc(N)cc2)c(Br)c1. The maximum absolute atomic E-state index is 12.1. The fourth-order valence-electron chi connectivity index (χ4n) is 1.82. The molecule has 2 rings (SSSR count). The van der Waals surface area contributed by atoms with Crippen molar-refractivity contribution < 1.29 is 4.79 Å². The summed E-state index contributed by atoms with van der Waals surface area (Å²) in [6.45, 7) is 2.00. The summed E-state index contributed by atoms with van der Waals surface area (Å²) >= 11 is 6.92. The Kier molecular flexibility index (Phi) is 4.83. The predicted molar refractivity (Wildman–Crippen MR) is 89.8 cm³/mol. The number of amides is 1. The largest absolute Gasteiger partial charge is 0.399 e. The first-order chi connectivity index (χ1) is 9.45. The van der Waals surface area contributed by atoms with E-state index in [-0.39, 0.29) is 5.91 Å². The van der Waals surface area contributed by atoms with Gasteiger partial charge in [-0.05, 0) is 74.2 Å². The van der Waals surface area contributed by atoms with E-state index in [1.807, 2.05) is 31.2 Å². The molecule has 1 amide bonds. The van der Waals surface area contributed by atoms with Crippen LogP contribution in [0.4, 0.5) is 11.4 Å². The molecule has 0 heterocycles. The fraction of sp³-hybridized carbons (Fsp3) is 0.133. The highest BCUT2D eigenvalue weighted by Crippen LogP contribution is 2.32. The summed E-state index contributed by atoms with van der Waals surface area (Å²) in [6.07, 6.45) is 0.313. The van der Waals surface area contributed by atoms with Gasteiger partial charge in [0.25, 0.3) is 0 Å². The van der Waals surface area contributed by atoms with E-state index >= 15 is 0 Å². The molecule has 0 aliphatic carbocycles. The van der Waals surface area contributed by atoms with Crippen molar-refractivity contribution in [3.8, 4) is 0 Å². The van der Waals surface area contributed by atoms with E-state index < -0.39 is 0 Å². The molecule has 0 atom stereocenters. The van der Waals surface area contributed by atoms with Crippen molar-refractivity contribution >= 4 is 49.1 Å². The van der Waals surface area contributed by atoms with Crippen molar-refractivity contribution in [2.75, 3.05) is 11.1 Å². The van der Waals surface area contributed by atoms with Gasteiger partial charge in [0, 0.05) is 14.6 Å². The minimum atomic E-state index is -0.0694. The molecule has 0 aromatic heterocycles. The molecule has 0 saturated heterocycles. The van der Waals surface area contributed by atoms with E-state index in [1.54, 1.807) is 12.1 Å². The zero-order chi connectivity index (χ0) is 14.7. The lowest BCUT2D eigenvalue weighted by Crippen LogP contribution is -2.15. The second-order valence-corrected chi connectivity index (χ2v) is 6.28. The highest BCUT2D eigenvalue weighted by molar-refractivity contribution is 9.11. The predicted octanol–water partition coefficient (Wildman–Crippen LogP) is 4.28. The average Bonchev–Trinajstić information content (AvgIpc) is 2.36. The van der Waals surface area contributed by atoms with Crippen LogP contribution in [-0.4, -0.2) is 5.91 Å². The molecule has 0 spiro atoms. The van der Waals surface area contributed by atoms with Gasteiger partial charge in [-0.2, -0.15) is 0 Å². The van der Waals surface area contributed by atoms with Crippen LogP contribution in [0.5, 0.6) is 0 Å². The van der Waals surface area contributed by atoms with Crippen molar-refractivity contribution in [2.45, 2.75) is 13.3 Å². The third kappa shape index (κ3) is 3.84. The van der Waals surface area contributed by atoms with Gasteiger partial charge in [0.05, 0.1) is 12.1 Å². The summed E-state index contributed by atoms with van der Waals surface area (Å²) in [4.78, 5) is 12.1. The second-order valence-electron chi connectivity index (χ2n) is 4.57. The minimum Gasteiger partial charge on any atom is -0.399 e. The van der Waals surface area contributed by atoms with E-state index in [4.69, 9.17) is 5.73 Å². The number of nitrogen functional groups attached to an aromatic ring is 1. The number of hydrogen-bond donors (Lipinski definition) is 2. The van der Waals surface area contributed by atoms with E-state index in [9.17, 15) is 4.79 Å². The summed E-state index contributed by atoms with van der Waals surface area (Å²) in [5, 5.41) is 2.90. The van der Waals surface area contributed by atoms with Crippen LogP contribution in [0.1, 0.15) is 11.1 Å². The summed E-state index contributed by atoms with van der Waals surface area (Å²) in [5.74, 6) is -0.0694. The van der Waals surface area contributed by atoms with Crippen LogP contribution in [0.2, 0.25) is 0 Å². The summed E-state index contributed by atoms with van der Waals surface area (Å²) in [5.41, 5.74) is 9.10. The van der Waals surface area contributed by atoms with E-state index in [0.717, 1.165) is 25.8 Å². The van der Waals surface area contributed by atoms with Crippen LogP contribution in [0.3, 0.4) is 0 Å². The quantitative estimate of drug-likeness (QED) is 0.759. The average molecular weight is 398 g/mol. The van der Waals surface area contributed by atoms with Crippen molar-refractivity contribution in [3.05, 3.63) is 56.5 Å². The zero-order valence-electron chi connectivity index (χ0n) is 10.9. The summed E-state index contributed by atoms with van der Waals surface area (Å²) < 4.78 is 1.71. The maximum atomic E-state index is 12.1. The molecule has 5 heteroatoms. The Morgan fingerprint density at radius 2 is 1.70 bits per heavy atom. The Hall–Kier alpha value is -1.33. The lowest BCUT2D eigenvalue weighted by Gasteiger charge is -2.11. The molecule has 0 unspecified atom stereocenters. The third-order valence-electron chi connectivity index (χ3n) is 2.80. The Morgan fingerprint density at radius 3 is 2.25 bits per heavy atom. The lowest BCUT2D eigenvalue weighted by molar-refractivity contribution is -0.115. The van der Waals surface area contributed by atoms with Crippen LogP contribution in [0.25, 0.3) is 0 Å². The first-order valence-electron chi connectivity index (χ1n) is 6.05. The molecule has 2 aromatic rings. The normalized spacial score (nSPS) is 10.3. The summed E-state index contributed by atoms with van der Waals surface area (Å²) in [6, 6.07) is 11.2. The zero-order valence-corrected chi connectivity index (χ0v) is 14.1. The molecule has 20 heavy (non-hydrogen) atoms. The highest BCUT2D eigenvalue weighted by Gasteiger charge is 2.10. The van der Waals surface area contributed by atoms with Gasteiger partial charge in [-0.15, -0.1) is 0 Å². The van der Waals surface area contributed by atoms with Crippen LogP contribution < -0.4 is 11.1 Å². The van der Waals surface area contributed by atoms with Gasteiger partial charge in [-0.25, -0.2) is 0 Å². The molecule has 104 valence electrons. The topological polar surface area (TPSA) is 55.1 Å². The highest BCUT2D eigenvalue weighted by atomic mass is 79.9. The standard InChI is InChI=1S/C15H14Br2N2O/c1-9-6-12(16)15(13(17)7-9)19-14(20)8-10-2-4-11(18)5-3-10/h2-7H,8,18H2,1H3,(H,19,20). The monoisotopic (exact) mass is 396 g/mol. The number of benzene rings is 2. The molecule has 0 aliphatic rings. The summed E-state index contributed by atoms with van der Waals surface area (Å²) in [7, 11) is 0. The lowest BCUT2D eigenvalue weighted by atomic mass is 10.1. The number of aryl methyl sites for hydroxylation is 1. The fourth-order valence-corrected chi connectivity index (χ4v) is 3.44. The second kappa shape index (κ2) is 6.41. The molecule has 0 bridgehead atoms. The van der Waals surface area contributed by atoms with Gasteiger partial charge >= 0.3 is 0 Å². The molecule has 2 aromatic carbocycles. The molecular formula is C15H14Br2N2O. The van der Waals surface area contributed by atoms with E-state index in [2.05, 4.69) is 37.2 Å². The number of carbonyl (C=O) groups excluding carboxylic acids is 1. The number of anilines is 2. The maximum Gasteiger partial charge on any atom is 0.228 e. The van der Waals surface area contributed by atoms with Gasteiger partial charge in [0.15, 0.2) is 0 Å². The molecule has 3 N–H and O–H groups in total.